The van der Waals surface area contributed by atoms with E-state index in [9.17, 15) is 4.79 Å². The van der Waals surface area contributed by atoms with E-state index < -0.39 is 5.91 Å². The second kappa shape index (κ2) is 6.03. The molecule has 0 aliphatic carbocycles. The van der Waals surface area contributed by atoms with Crippen LogP contribution in [0.15, 0.2) is 53.5 Å². The first-order valence-corrected chi connectivity index (χ1v) is 6.05. The van der Waals surface area contributed by atoms with Crippen molar-refractivity contribution in [1.29, 1.82) is 0 Å². The van der Waals surface area contributed by atoms with E-state index in [1.807, 2.05) is 18.2 Å². The normalized spacial score (nSPS) is 12.4. The quantitative estimate of drug-likeness (QED) is 0.450. The molecule has 0 aliphatic heterocycles. The molecule has 0 saturated carbocycles. The van der Waals surface area contributed by atoms with Gasteiger partial charge >= 0.3 is 0 Å². The number of hydrogen-bond donors (Lipinski definition) is 3. The van der Waals surface area contributed by atoms with Crippen molar-refractivity contribution in [3.8, 4) is 0 Å². The molecule has 0 atom stereocenters. The monoisotopic (exact) mass is 289 g/mol. The molecule has 0 saturated heterocycles. The number of hydrogen-bond acceptors (Lipinski definition) is 5. The van der Waals surface area contributed by atoms with E-state index in [2.05, 4.69) is 15.3 Å². The largest absolute Gasteiger partial charge is 0.394 e. The molecule has 7 heteroatoms. The van der Waals surface area contributed by atoms with Crippen molar-refractivity contribution in [3.05, 3.63) is 53.5 Å². The topological polar surface area (TPSA) is 107 Å². The first-order valence-electron chi connectivity index (χ1n) is 5.68. The van der Waals surface area contributed by atoms with Gasteiger partial charge in [-0.1, -0.05) is 11.6 Å². The molecule has 0 aliphatic rings. The molecule has 0 fully saturated rings. The minimum atomic E-state index is -0.498. The summed E-state index contributed by atoms with van der Waals surface area (Å²) in [6.45, 7) is 0. The Bertz CT molecular complexity index is 707. The predicted molar refractivity (Wildman–Crippen MR) is 78.6 cm³/mol. The van der Waals surface area contributed by atoms with E-state index in [1.54, 1.807) is 12.3 Å². The first kappa shape index (κ1) is 13.8. The van der Waals surface area contributed by atoms with Gasteiger partial charge in [0.2, 0.25) is 0 Å². The maximum absolute atomic E-state index is 11.8. The zero-order chi connectivity index (χ0) is 14.5. The smallest absolute Gasteiger partial charge is 0.272 e. The number of amides is 1. The zero-order valence-electron chi connectivity index (χ0n) is 10.4. The van der Waals surface area contributed by atoms with Crippen LogP contribution in [0.2, 0.25) is 0 Å². The molecule has 2 heterocycles. The lowest BCUT2D eigenvalue weighted by Crippen LogP contribution is -2.20. The van der Waals surface area contributed by atoms with Gasteiger partial charge in [0.1, 0.15) is 5.82 Å². The fourth-order valence-electron chi connectivity index (χ4n) is 1.46. The van der Waals surface area contributed by atoms with Crippen molar-refractivity contribution < 1.29 is 4.79 Å². The summed E-state index contributed by atoms with van der Waals surface area (Å²) in [5.74, 6) is -0.137. The number of halogens is 1. The number of pyridine rings is 2. The van der Waals surface area contributed by atoms with Gasteiger partial charge < -0.3 is 16.8 Å². The molecule has 0 unspecified atom stereocenters. The van der Waals surface area contributed by atoms with E-state index >= 15 is 0 Å². The summed E-state index contributed by atoms with van der Waals surface area (Å²) in [5, 5.41) is 3.48. The molecule has 20 heavy (non-hydrogen) atoms. The number of anilines is 1. The summed E-state index contributed by atoms with van der Waals surface area (Å²) >= 11 is 5.44. The van der Waals surface area contributed by atoms with Crippen LogP contribution in [-0.2, 0) is 4.79 Å². The molecule has 102 valence electrons. The van der Waals surface area contributed by atoms with E-state index in [4.69, 9.17) is 23.1 Å². The van der Waals surface area contributed by atoms with Crippen molar-refractivity contribution in [2.75, 3.05) is 5.32 Å². The average molecular weight is 290 g/mol. The zero-order valence-corrected chi connectivity index (χ0v) is 11.1. The van der Waals surface area contributed by atoms with Gasteiger partial charge in [0.15, 0.2) is 5.65 Å². The van der Waals surface area contributed by atoms with Gasteiger partial charge in [-0.25, -0.2) is 9.97 Å². The van der Waals surface area contributed by atoms with Crippen LogP contribution >= 0.6 is 11.6 Å². The Morgan fingerprint density at radius 2 is 2.05 bits per heavy atom. The number of aromatic nitrogens is 2. The summed E-state index contributed by atoms with van der Waals surface area (Å²) in [7, 11) is 0. The maximum atomic E-state index is 11.8. The minimum Gasteiger partial charge on any atom is -0.394 e. The van der Waals surface area contributed by atoms with Crippen LogP contribution in [0.5, 0.6) is 0 Å². The molecule has 2 rings (SSSR count). The third kappa shape index (κ3) is 3.46. The van der Waals surface area contributed by atoms with Crippen molar-refractivity contribution in [2.45, 2.75) is 0 Å². The van der Waals surface area contributed by atoms with Crippen molar-refractivity contribution in [2.24, 2.45) is 11.5 Å². The van der Waals surface area contributed by atoms with E-state index in [0.29, 0.717) is 11.5 Å². The van der Waals surface area contributed by atoms with Crippen LogP contribution < -0.4 is 16.8 Å². The lowest BCUT2D eigenvalue weighted by Gasteiger charge is -2.05. The van der Waals surface area contributed by atoms with Gasteiger partial charge in [0.05, 0.1) is 10.9 Å². The highest BCUT2D eigenvalue weighted by Crippen LogP contribution is 2.12. The second-order valence-electron chi connectivity index (χ2n) is 3.87. The van der Waals surface area contributed by atoms with E-state index in [0.717, 1.165) is 5.39 Å². The summed E-state index contributed by atoms with van der Waals surface area (Å²) < 4.78 is 0. The third-order valence-corrected chi connectivity index (χ3v) is 2.52. The molecule has 0 bridgehead atoms. The maximum Gasteiger partial charge on any atom is 0.272 e. The molecule has 1 amide bonds. The van der Waals surface area contributed by atoms with Crippen LogP contribution in [0.3, 0.4) is 0 Å². The van der Waals surface area contributed by atoms with Crippen LogP contribution in [0.4, 0.5) is 5.82 Å². The van der Waals surface area contributed by atoms with Gasteiger partial charge in [-0.2, -0.15) is 0 Å². The molecule has 2 aromatic heterocycles. The number of rotatable bonds is 3. The van der Waals surface area contributed by atoms with Crippen LogP contribution in [0.1, 0.15) is 0 Å². The van der Waals surface area contributed by atoms with Crippen LogP contribution in [-0.4, -0.2) is 15.9 Å². The van der Waals surface area contributed by atoms with Gasteiger partial charge in [0.25, 0.3) is 5.91 Å². The lowest BCUT2D eigenvalue weighted by atomic mass is 10.3. The Balaban J connectivity index is 2.17. The Labute approximate surface area is 120 Å². The van der Waals surface area contributed by atoms with Crippen molar-refractivity contribution in [3.63, 3.8) is 0 Å². The van der Waals surface area contributed by atoms with Gasteiger partial charge in [-0.15, -0.1) is 0 Å². The predicted octanol–water partition coefficient (Wildman–Crippen LogP) is 1.45. The number of carbonyl (C=O) groups excluding carboxylic acids is 1. The fraction of sp³-hybridized carbons (Fsp3) is 0. The summed E-state index contributed by atoms with van der Waals surface area (Å²) in [6.07, 6.45) is 4.27. The minimum absolute atomic E-state index is 0.0310. The molecular formula is C13H12ClN5O. The second-order valence-corrected chi connectivity index (χ2v) is 4.31. The standard InChI is InChI=1S/C13H12ClN5O/c14-10(16)5-4-9(15)13(20)19-11-6-3-8-2-1-7-17-12(8)18-11/h1-7H,15-16H2,(H,17,18,19,20)/b9-4-,10-5-. The van der Waals surface area contributed by atoms with Crippen LogP contribution in [0, 0.1) is 0 Å². The highest BCUT2D eigenvalue weighted by atomic mass is 35.5. The Morgan fingerprint density at radius 3 is 2.80 bits per heavy atom. The first-order chi connectivity index (χ1) is 9.56. The summed E-state index contributed by atoms with van der Waals surface area (Å²) in [6, 6.07) is 7.16. The van der Waals surface area contributed by atoms with Gasteiger partial charge in [-0.3, -0.25) is 4.79 Å². The highest BCUT2D eigenvalue weighted by Gasteiger charge is 2.06. The highest BCUT2D eigenvalue weighted by molar-refractivity contribution is 6.29. The Hall–Kier alpha value is -2.60. The molecule has 0 radical (unpaired) electrons. The van der Waals surface area contributed by atoms with Gasteiger partial charge in [0, 0.05) is 11.6 Å². The van der Waals surface area contributed by atoms with Gasteiger partial charge in [-0.05, 0) is 36.4 Å². The van der Waals surface area contributed by atoms with Crippen LogP contribution in [0.25, 0.3) is 11.0 Å². The summed E-state index contributed by atoms with van der Waals surface area (Å²) in [4.78, 5) is 20.1. The number of carbonyl (C=O) groups is 1. The molecule has 5 N–H and O–H groups in total. The average Bonchev–Trinajstić information content (AvgIpc) is 2.44. The SMILES string of the molecule is N/C(=C\C=C(/N)Cl)C(=O)Nc1ccc2cccnc2n1. The number of nitrogens with two attached hydrogens (primary N) is 2. The van der Waals surface area contributed by atoms with E-state index in [-0.39, 0.29) is 10.9 Å². The van der Waals surface area contributed by atoms with Crippen molar-refractivity contribution in [1.82, 2.24) is 9.97 Å². The molecular weight excluding hydrogens is 278 g/mol. The number of nitrogens with zero attached hydrogens (tertiary/aromatic N) is 2. The molecule has 0 spiro atoms. The van der Waals surface area contributed by atoms with E-state index in [1.165, 1.54) is 12.2 Å². The van der Waals surface area contributed by atoms with Crippen molar-refractivity contribution >= 4 is 34.4 Å². The summed E-state index contributed by atoms with van der Waals surface area (Å²) in [5.41, 5.74) is 11.3. The lowest BCUT2D eigenvalue weighted by molar-refractivity contribution is -0.112. The molecule has 6 nitrogen and oxygen atoms in total. The molecule has 2 aromatic rings. The Morgan fingerprint density at radius 1 is 1.25 bits per heavy atom. The third-order valence-electron chi connectivity index (χ3n) is 2.39. The Kier molecular flexibility index (Phi) is 4.17. The number of nitrogens with one attached hydrogen (secondary N) is 1. The number of allylic oxidation sites excluding steroid dienone is 2. The molecule has 0 aromatic carbocycles. The fourth-order valence-corrected chi connectivity index (χ4v) is 1.52. The number of fused-ring (bicyclic) bond motifs is 1.